The number of benzene rings is 3. The molecule has 3 aromatic rings. The van der Waals surface area contributed by atoms with Gasteiger partial charge < -0.3 is 24.8 Å². The van der Waals surface area contributed by atoms with Crippen LogP contribution >= 0.6 is 15.9 Å². The van der Waals surface area contributed by atoms with Gasteiger partial charge in [-0.05, 0) is 61.0 Å². The Labute approximate surface area is 211 Å². The maximum atomic E-state index is 12.7. The quantitative estimate of drug-likeness (QED) is 0.260. The van der Waals surface area contributed by atoms with Gasteiger partial charge in [0.1, 0.15) is 11.5 Å². The molecule has 3 rings (SSSR count). The van der Waals surface area contributed by atoms with Crippen LogP contribution in [-0.4, -0.2) is 38.1 Å². The van der Waals surface area contributed by atoms with Crippen molar-refractivity contribution in [3.8, 4) is 11.5 Å². The summed E-state index contributed by atoms with van der Waals surface area (Å²) >= 11 is 3.37. The summed E-state index contributed by atoms with van der Waals surface area (Å²) in [6.07, 6.45) is 0.559. The van der Waals surface area contributed by atoms with E-state index in [0.29, 0.717) is 35.9 Å². The van der Waals surface area contributed by atoms with E-state index in [1.54, 1.807) is 55.6 Å². The molecule has 8 nitrogen and oxygen atoms in total. The van der Waals surface area contributed by atoms with Gasteiger partial charge in [0, 0.05) is 16.6 Å². The second kappa shape index (κ2) is 13.1. The summed E-state index contributed by atoms with van der Waals surface area (Å²) in [6, 6.07) is 20.8. The molecule has 0 atom stereocenters. The minimum atomic E-state index is -0.548. The van der Waals surface area contributed by atoms with Gasteiger partial charge in [0.15, 0.2) is 6.61 Å². The van der Waals surface area contributed by atoms with Crippen molar-refractivity contribution >= 4 is 45.1 Å². The highest BCUT2D eigenvalue weighted by atomic mass is 79.9. The van der Waals surface area contributed by atoms with Crippen LogP contribution in [0.5, 0.6) is 11.5 Å². The van der Waals surface area contributed by atoms with Crippen molar-refractivity contribution in [2.24, 2.45) is 0 Å². The Morgan fingerprint density at radius 1 is 0.886 bits per heavy atom. The molecule has 0 aliphatic rings. The van der Waals surface area contributed by atoms with E-state index in [2.05, 4.69) is 26.6 Å². The molecule has 0 aliphatic carbocycles. The second-order valence-electron chi connectivity index (χ2n) is 7.35. The van der Waals surface area contributed by atoms with Gasteiger partial charge >= 0.3 is 5.97 Å². The third-order valence-electron chi connectivity index (χ3n) is 4.75. The molecule has 0 fully saturated rings. The number of para-hydroxylation sites is 1. The standard InChI is InChI=1S/C26H25BrN2O6/c1-33-20-13-11-19(12-14-20)28-26(32)22-8-2-3-9-23(22)29-24(30)17-35-25(31)10-5-15-34-21-7-4-6-18(27)16-21/h2-4,6-9,11-14,16H,5,10,15,17H2,1H3,(H,28,32)(H,29,30). The number of carbonyl (C=O) groups excluding carboxylic acids is 3. The van der Waals surface area contributed by atoms with Crippen LogP contribution in [-0.2, 0) is 14.3 Å². The Morgan fingerprint density at radius 3 is 2.40 bits per heavy atom. The lowest BCUT2D eigenvalue weighted by atomic mass is 10.1. The van der Waals surface area contributed by atoms with Crippen molar-refractivity contribution in [1.29, 1.82) is 0 Å². The fourth-order valence-corrected chi connectivity index (χ4v) is 3.41. The topological polar surface area (TPSA) is 103 Å². The summed E-state index contributed by atoms with van der Waals surface area (Å²) in [6.45, 7) is -0.117. The maximum absolute atomic E-state index is 12.7. The third-order valence-corrected chi connectivity index (χ3v) is 5.24. The Bertz CT molecular complexity index is 1170. The summed E-state index contributed by atoms with van der Waals surface area (Å²) in [7, 11) is 1.56. The average Bonchev–Trinajstić information content (AvgIpc) is 2.86. The smallest absolute Gasteiger partial charge is 0.306 e. The lowest BCUT2D eigenvalue weighted by molar-refractivity contribution is -0.147. The number of hydrogen-bond acceptors (Lipinski definition) is 6. The lowest BCUT2D eigenvalue weighted by Crippen LogP contribution is -2.23. The SMILES string of the molecule is COc1ccc(NC(=O)c2ccccc2NC(=O)COC(=O)CCCOc2cccc(Br)c2)cc1. The van der Waals surface area contributed by atoms with Crippen molar-refractivity contribution in [1.82, 2.24) is 0 Å². The minimum Gasteiger partial charge on any atom is -0.497 e. The Hall–Kier alpha value is -3.85. The zero-order chi connectivity index (χ0) is 25.0. The number of hydrogen-bond donors (Lipinski definition) is 2. The van der Waals surface area contributed by atoms with E-state index in [1.165, 1.54) is 0 Å². The molecule has 0 bridgehead atoms. The van der Waals surface area contributed by atoms with Crippen molar-refractivity contribution in [3.63, 3.8) is 0 Å². The highest BCUT2D eigenvalue weighted by Gasteiger charge is 2.15. The normalized spacial score (nSPS) is 10.2. The van der Waals surface area contributed by atoms with Gasteiger partial charge in [-0.15, -0.1) is 0 Å². The first-order valence-electron chi connectivity index (χ1n) is 10.8. The first-order chi connectivity index (χ1) is 16.9. The molecule has 0 aliphatic heterocycles. The number of halogens is 1. The van der Waals surface area contributed by atoms with Crippen LogP contribution in [0.4, 0.5) is 11.4 Å². The van der Waals surface area contributed by atoms with Gasteiger partial charge in [0.05, 0.1) is 25.0 Å². The molecule has 3 aromatic carbocycles. The lowest BCUT2D eigenvalue weighted by Gasteiger charge is -2.12. The van der Waals surface area contributed by atoms with E-state index in [1.807, 2.05) is 24.3 Å². The highest BCUT2D eigenvalue weighted by molar-refractivity contribution is 9.10. The second-order valence-corrected chi connectivity index (χ2v) is 8.26. The number of methoxy groups -OCH3 is 1. The molecule has 9 heteroatoms. The minimum absolute atomic E-state index is 0.113. The van der Waals surface area contributed by atoms with Crippen LogP contribution in [0.2, 0.25) is 0 Å². The number of esters is 1. The molecule has 182 valence electrons. The number of ether oxygens (including phenoxy) is 3. The maximum Gasteiger partial charge on any atom is 0.306 e. The molecule has 35 heavy (non-hydrogen) atoms. The summed E-state index contributed by atoms with van der Waals surface area (Å²) in [5, 5.41) is 5.39. The molecule has 0 saturated heterocycles. The molecule has 0 unspecified atom stereocenters. The molecule has 2 amide bonds. The van der Waals surface area contributed by atoms with E-state index in [4.69, 9.17) is 14.2 Å². The summed E-state index contributed by atoms with van der Waals surface area (Å²) in [5.41, 5.74) is 1.16. The van der Waals surface area contributed by atoms with Crippen LogP contribution in [0.15, 0.2) is 77.3 Å². The van der Waals surface area contributed by atoms with Crippen LogP contribution < -0.4 is 20.1 Å². The number of anilines is 2. The van der Waals surface area contributed by atoms with Crippen molar-refractivity contribution in [3.05, 3.63) is 82.8 Å². The summed E-state index contributed by atoms with van der Waals surface area (Å²) in [4.78, 5) is 37.0. The fourth-order valence-electron chi connectivity index (χ4n) is 3.03. The summed E-state index contributed by atoms with van der Waals surface area (Å²) < 4.78 is 16.6. The zero-order valence-electron chi connectivity index (χ0n) is 19.1. The van der Waals surface area contributed by atoms with E-state index in [0.717, 1.165) is 4.47 Å². The van der Waals surface area contributed by atoms with Gasteiger partial charge in [-0.25, -0.2) is 0 Å². The largest absolute Gasteiger partial charge is 0.497 e. The number of rotatable bonds is 11. The highest BCUT2D eigenvalue weighted by Crippen LogP contribution is 2.20. The third kappa shape index (κ3) is 8.46. The predicted octanol–water partition coefficient (Wildman–Crippen LogP) is 5.05. The number of nitrogens with one attached hydrogen (secondary N) is 2. The Kier molecular flexibility index (Phi) is 9.68. The first-order valence-corrected chi connectivity index (χ1v) is 11.6. The van der Waals surface area contributed by atoms with E-state index >= 15 is 0 Å². The van der Waals surface area contributed by atoms with Crippen molar-refractivity contribution in [2.75, 3.05) is 31.0 Å². The van der Waals surface area contributed by atoms with Crippen LogP contribution in [0.3, 0.4) is 0 Å². The fraction of sp³-hybridized carbons (Fsp3) is 0.192. The molecule has 0 saturated carbocycles. The molecular formula is C26H25BrN2O6. The van der Waals surface area contributed by atoms with Crippen molar-refractivity contribution in [2.45, 2.75) is 12.8 Å². The molecule has 0 heterocycles. The van der Waals surface area contributed by atoms with E-state index < -0.39 is 24.4 Å². The van der Waals surface area contributed by atoms with Crippen molar-refractivity contribution < 1.29 is 28.6 Å². The molecule has 0 spiro atoms. The van der Waals surface area contributed by atoms with Crippen LogP contribution in [0, 0.1) is 0 Å². The number of carbonyl (C=O) groups is 3. The van der Waals surface area contributed by atoms with Gasteiger partial charge in [-0.2, -0.15) is 0 Å². The average molecular weight is 541 g/mol. The van der Waals surface area contributed by atoms with Gasteiger partial charge in [0.25, 0.3) is 11.8 Å². The monoisotopic (exact) mass is 540 g/mol. The first kappa shape index (κ1) is 25.8. The zero-order valence-corrected chi connectivity index (χ0v) is 20.7. The molecule has 0 aromatic heterocycles. The van der Waals surface area contributed by atoms with Crippen LogP contribution in [0.1, 0.15) is 23.2 Å². The Morgan fingerprint density at radius 2 is 1.66 bits per heavy atom. The van der Waals surface area contributed by atoms with Gasteiger partial charge in [-0.3, -0.25) is 14.4 Å². The molecule has 0 radical (unpaired) electrons. The number of amides is 2. The van der Waals surface area contributed by atoms with Gasteiger partial charge in [0.2, 0.25) is 0 Å². The molecular weight excluding hydrogens is 516 g/mol. The molecule has 2 N–H and O–H groups in total. The van der Waals surface area contributed by atoms with E-state index in [-0.39, 0.29) is 12.0 Å². The summed E-state index contributed by atoms with van der Waals surface area (Å²) in [5.74, 6) is -0.0885. The van der Waals surface area contributed by atoms with Gasteiger partial charge in [-0.1, -0.05) is 34.1 Å². The Balaban J connectivity index is 1.43. The van der Waals surface area contributed by atoms with Crippen LogP contribution in [0.25, 0.3) is 0 Å². The van der Waals surface area contributed by atoms with E-state index in [9.17, 15) is 14.4 Å². The predicted molar refractivity (Wildman–Crippen MR) is 136 cm³/mol.